The molecule has 1 amide bonds. The number of pyridine rings is 1. The molecule has 9 heteroatoms. The highest BCUT2D eigenvalue weighted by molar-refractivity contribution is 5.98. The number of hydrazine groups is 1. The van der Waals surface area contributed by atoms with Gasteiger partial charge in [-0.3, -0.25) is 9.80 Å². The minimum absolute atomic E-state index is 0.0124. The second-order valence-corrected chi connectivity index (χ2v) is 5.43. The Balaban J connectivity index is 2.49. The number of carbonyl (C=O) groups excluding carboxylic acids is 2. The largest absolute Gasteiger partial charge is 0.497 e. The first-order valence-corrected chi connectivity index (χ1v) is 7.81. The lowest BCUT2D eigenvalue weighted by Crippen LogP contribution is -2.43. The second-order valence-electron chi connectivity index (χ2n) is 5.43. The highest BCUT2D eigenvalue weighted by atomic mass is 19.1. The molecule has 0 saturated heterocycles. The molecule has 1 unspecified atom stereocenters. The topological polar surface area (TPSA) is 124 Å². The number of halogens is 1. The van der Waals surface area contributed by atoms with E-state index >= 15 is 0 Å². The van der Waals surface area contributed by atoms with Crippen molar-refractivity contribution in [2.24, 2.45) is 11.6 Å². The van der Waals surface area contributed by atoms with Crippen molar-refractivity contribution < 1.29 is 18.7 Å². The monoisotopic (exact) mass is 361 g/mol. The SMILES string of the molecule is CCC(C=O)N(N)c1nc(Nc2cccc(OC)c2)c(C(N)=O)cc1F. The molecule has 8 nitrogen and oxygen atoms in total. The molecule has 2 rings (SSSR count). The summed E-state index contributed by atoms with van der Waals surface area (Å²) in [6, 6.07) is 7.01. The van der Waals surface area contributed by atoms with Crippen LogP contribution in [0.4, 0.5) is 21.7 Å². The van der Waals surface area contributed by atoms with Crippen LogP contribution in [-0.4, -0.2) is 30.3 Å². The molecule has 0 aliphatic carbocycles. The number of hydrogen-bond donors (Lipinski definition) is 3. The van der Waals surface area contributed by atoms with Crippen molar-refractivity contribution in [3.63, 3.8) is 0 Å². The molecule has 0 aliphatic rings. The van der Waals surface area contributed by atoms with Crippen LogP contribution in [0.3, 0.4) is 0 Å². The summed E-state index contributed by atoms with van der Waals surface area (Å²) in [6.07, 6.45) is 0.954. The Morgan fingerprint density at radius 3 is 2.77 bits per heavy atom. The number of nitrogens with one attached hydrogen (secondary N) is 1. The van der Waals surface area contributed by atoms with Crippen LogP contribution < -0.4 is 26.6 Å². The summed E-state index contributed by atoms with van der Waals surface area (Å²) in [5, 5.41) is 3.82. The van der Waals surface area contributed by atoms with Crippen molar-refractivity contribution in [1.82, 2.24) is 4.98 Å². The van der Waals surface area contributed by atoms with E-state index in [1.807, 2.05) is 0 Å². The average molecular weight is 361 g/mol. The van der Waals surface area contributed by atoms with Crippen molar-refractivity contribution in [3.8, 4) is 5.75 Å². The van der Waals surface area contributed by atoms with Gasteiger partial charge in [-0.1, -0.05) is 13.0 Å². The standard InChI is InChI=1S/C17H20FN5O3/c1-3-11(9-24)23(20)17-14(18)8-13(15(19)25)16(22-17)21-10-5-4-6-12(7-10)26-2/h4-9,11H,3,20H2,1-2H3,(H2,19,25)(H,21,22). The Hall–Kier alpha value is -3.20. The Morgan fingerprint density at radius 2 is 2.19 bits per heavy atom. The number of carbonyl (C=O) groups is 2. The van der Waals surface area contributed by atoms with Gasteiger partial charge in [0.05, 0.1) is 12.7 Å². The molecule has 0 aliphatic heterocycles. The molecule has 26 heavy (non-hydrogen) atoms. The number of primary amides is 1. The number of anilines is 3. The molecule has 1 atom stereocenters. The highest BCUT2D eigenvalue weighted by Gasteiger charge is 2.22. The van der Waals surface area contributed by atoms with Crippen LogP contribution in [0.1, 0.15) is 23.7 Å². The number of hydrogen-bond acceptors (Lipinski definition) is 7. The van der Waals surface area contributed by atoms with E-state index in [0.717, 1.165) is 11.1 Å². The number of nitrogens with zero attached hydrogens (tertiary/aromatic N) is 2. The van der Waals surface area contributed by atoms with Crippen LogP contribution in [0.25, 0.3) is 0 Å². The van der Waals surface area contributed by atoms with Gasteiger partial charge in [0, 0.05) is 11.8 Å². The van der Waals surface area contributed by atoms with E-state index in [1.165, 1.54) is 7.11 Å². The first-order valence-electron chi connectivity index (χ1n) is 7.81. The molecule has 0 radical (unpaired) electrons. The zero-order valence-electron chi connectivity index (χ0n) is 14.4. The summed E-state index contributed by atoms with van der Waals surface area (Å²) in [7, 11) is 1.51. The first-order chi connectivity index (χ1) is 12.4. The number of amides is 1. The summed E-state index contributed by atoms with van der Waals surface area (Å²) in [4.78, 5) is 26.8. The van der Waals surface area contributed by atoms with E-state index in [4.69, 9.17) is 16.3 Å². The van der Waals surface area contributed by atoms with Crippen LogP contribution >= 0.6 is 0 Å². The number of aldehydes is 1. The molecule has 0 spiro atoms. The lowest BCUT2D eigenvalue weighted by Gasteiger charge is -2.24. The second kappa shape index (κ2) is 8.26. The molecule has 1 aromatic heterocycles. The third kappa shape index (κ3) is 4.06. The Morgan fingerprint density at radius 1 is 1.46 bits per heavy atom. The zero-order valence-corrected chi connectivity index (χ0v) is 14.4. The minimum atomic E-state index is -0.863. The van der Waals surface area contributed by atoms with Gasteiger partial charge in [0.15, 0.2) is 11.6 Å². The molecule has 2 aromatic rings. The molecular formula is C17H20FN5O3. The summed E-state index contributed by atoms with van der Waals surface area (Å²) in [6.45, 7) is 1.73. The Bertz CT molecular complexity index is 815. The number of methoxy groups -OCH3 is 1. The maximum Gasteiger partial charge on any atom is 0.252 e. The van der Waals surface area contributed by atoms with Gasteiger partial charge in [0.2, 0.25) is 0 Å². The zero-order chi connectivity index (χ0) is 19.3. The third-order valence-corrected chi connectivity index (χ3v) is 3.73. The maximum absolute atomic E-state index is 14.4. The summed E-state index contributed by atoms with van der Waals surface area (Å²) >= 11 is 0. The van der Waals surface area contributed by atoms with E-state index < -0.39 is 17.8 Å². The quantitative estimate of drug-likeness (QED) is 0.371. The Kier molecular flexibility index (Phi) is 6.07. The minimum Gasteiger partial charge on any atom is -0.497 e. The number of ether oxygens (including phenoxy) is 1. The smallest absolute Gasteiger partial charge is 0.252 e. The van der Waals surface area contributed by atoms with Crippen LogP contribution in [0, 0.1) is 5.82 Å². The van der Waals surface area contributed by atoms with Crippen LogP contribution in [-0.2, 0) is 4.79 Å². The number of benzene rings is 1. The predicted molar refractivity (Wildman–Crippen MR) is 95.8 cm³/mol. The van der Waals surface area contributed by atoms with Gasteiger partial charge in [0.1, 0.15) is 23.9 Å². The lowest BCUT2D eigenvalue weighted by atomic mass is 10.2. The molecule has 0 bridgehead atoms. The third-order valence-electron chi connectivity index (χ3n) is 3.73. The summed E-state index contributed by atoms with van der Waals surface area (Å²) in [5.74, 6) is 4.41. The van der Waals surface area contributed by atoms with E-state index in [9.17, 15) is 14.0 Å². The number of aromatic nitrogens is 1. The van der Waals surface area contributed by atoms with E-state index in [2.05, 4.69) is 10.3 Å². The fourth-order valence-corrected chi connectivity index (χ4v) is 2.30. The van der Waals surface area contributed by atoms with Gasteiger partial charge >= 0.3 is 0 Å². The fraction of sp³-hybridized carbons (Fsp3) is 0.235. The van der Waals surface area contributed by atoms with Gasteiger partial charge in [-0.2, -0.15) is 0 Å². The van der Waals surface area contributed by atoms with Gasteiger partial charge in [0.25, 0.3) is 5.91 Å². The summed E-state index contributed by atoms with van der Waals surface area (Å²) in [5.41, 5.74) is 5.71. The van der Waals surface area contributed by atoms with Crippen LogP contribution in [0.5, 0.6) is 5.75 Å². The van der Waals surface area contributed by atoms with Crippen LogP contribution in [0.15, 0.2) is 30.3 Å². The average Bonchev–Trinajstić information content (AvgIpc) is 2.63. The fourth-order valence-electron chi connectivity index (χ4n) is 2.30. The van der Waals surface area contributed by atoms with E-state index in [1.54, 1.807) is 31.2 Å². The van der Waals surface area contributed by atoms with Crippen molar-refractivity contribution in [2.75, 3.05) is 17.4 Å². The molecule has 0 saturated carbocycles. The maximum atomic E-state index is 14.4. The van der Waals surface area contributed by atoms with Crippen LogP contribution in [0.2, 0.25) is 0 Å². The van der Waals surface area contributed by atoms with Crippen molar-refractivity contribution in [1.29, 1.82) is 0 Å². The molecule has 0 fully saturated rings. The van der Waals surface area contributed by atoms with Gasteiger partial charge in [-0.15, -0.1) is 0 Å². The molecule has 1 aromatic carbocycles. The first kappa shape index (κ1) is 19.1. The highest BCUT2D eigenvalue weighted by Crippen LogP contribution is 2.27. The predicted octanol–water partition coefficient (Wildman–Crippen LogP) is 1.73. The van der Waals surface area contributed by atoms with E-state index in [0.29, 0.717) is 24.1 Å². The van der Waals surface area contributed by atoms with E-state index in [-0.39, 0.29) is 17.2 Å². The number of rotatable bonds is 8. The lowest BCUT2D eigenvalue weighted by molar-refractivity contribution is -0.109. The molecule has 5 N–H and O–H groups in total. The summed E-state index contributed by atoms with van der Waals surface area (Å²) < 4.78 is 19.5. The van der Waals surface area contributed by atoms with Crippen molar-refractivity contribution in [2.45, 2.75) is 19.4 Å². The van der Waals surface area contributed by atoms with Gasteiger partial charge < -0.3 is 20.6 Å². The molecule has 138 valence electrons. The molecular weight excluding hydrogens is 341 g/mol. The molecule has 1 heterocycles. The van der Waals surface area contributed by atoms with Gasteiger partial charge in [-0.25, -0.2) is 15.2 Å². The normalized spacial score (nSPS) is 11.5. The van der Waals surface area contributed by atoms with Gasteiger partial charge in [-0.05, 0) is 24.6 Å². The van der Waals surface area contributed by atoms with Crippen molar-refractivity contribution in [3.05, 3.63) is 41.7 Å². The number of nitrogens with two attached hydrogens (primary N) is 2. The van der Waals surface area contributed by atoms with Crippen molar-refractivity contribution >= 4 is 29.5 Å². The Labute approximate surface area is 149 Å².